The Morgan fingerprint density at radius 2 is 1.17 bits per heavy atom. The van der Waals surface area contributed by atoms with E-state index in [1.807, 2.05) is 59.3 Å². The first-order chi connectivity index (χ1) is 11.4. The third-order valence-electron chi connectivity index (χ3n) is 3.17. The van der Waals surface area contributed by atoms with Crippen molar-refractivity contribution in [3.63, 3.8) is 0 Å². The number of thiophene rings is 1. The molecule has 0 aliphatic heterocycles. The van der Waals surface area contributed by atoms with Gasteiger partial charge in [0.15, 0.2) is 0 Å². The highest BCUT2D eigenvalue weighted by Gasteiger charge is 1.98. The molecule has 0 aliphatic rings. The van der Waals surface area contributed by atoms with Gasteiger partial charge < -0.3 is 0 Å². The van der Waals surface area contributed by atoms with E-state index in [1.54, 1.807) is 17.4 Å². The van der Waals surface area contributed by atoms with Gasteiger partial charge in [0.2, 0.25) is 0 Å². The maximum absolute atomic E-state index is 9.12. The standard InChI is InChI=1S/C21H11NS/c22-15-21-8-4-3-7-20(21)12-11-19-6-2-1-5-18(19)10-9-17-13-14-23-16-17/h1-8,13-14,16H. The van der Waals surface area contributed by atoms with E-state index in [-0.39, 0.29) is 0 Å². The van der Waals surface area contributed by atoms with Crippen LogP contribution < -0.4 is 0 Å². The summed E-state index contributed by atoms with van der Waals surface area (Å²) in [6, 6.07) is 19.3. The largest absolute Gasteiger partial charge is 0.192 e. The van der Waals surface area contributed by atoms with Gasteiger partial charge in [-0.1, -0.05) is 47.9 Å². The maximum atomic E-state index is 9.12. The molecule has 0 spiro atoms. The first-order valence-electron chi connectivity index (χ1n) is 7.01. The number of hydrogen-bond donors (Lipinski definition) is 0. The Balaban J connectivity index is 1.97. The van der Waals surface area contributed by atoms with Crippen molar-refractivity contribution in [3.8, 4) is 29.8 Å². The molecule has 1 aromatic heterocycles. The monoisotopic (exact) mass is 309 g/mol. The zero-order valence-electron chi connectivity index (χ0n) is 12.2. The van der Waals surface area contributed by atoms with E-state index in [9.17, 15) is 0 Å². The lowest BCUT2D eigenvalue weighted by atomic mass is 10.1. The highest BCUT2D eigenvalue weighted by Crippen LogP contribution is 2.10. The Morgan fingerprint density at radius 1 is 0.652 bits per heavy atom. The third kappa shape index (κ3) is 3.69. The molecular formula is C21H11NS. The summed E-state index contributed by atoms with van der Waals surface area (Å²) < 4.78 is 0. The first kappa shape index (κ1) is 14.7. The highest BCUT2D eigenvalue weighted by molar-refractivity contribution is 7.08. The van der Waals surface area contributed by atoms with Gasteiger partial charge in [-0.3, -0.25) is 0 Å². The molecule has 0 saturated carbocycles. The van der Waals surface area contributed by atoms with Crippen LogP contribution in [-0.4, -0.2) is 0 Å². The smallest absolute Gasteiger partial charge is 0.100 e. The first-order valence-corrected chi connectivity index (χ1v) is 7.95. The van der Waals surface area contributed by atoms with Crippen molar-refractivity contribution in [1.82, 2.24) is 0 Å². The van der Waals surface area contributed by atoms with Crippen LogP contribution in [0.4, 0.5) is 0 Å². The van der Waals surface area contributed by atoms with Crippen LogP contribution in [0, 0.1) is 35.0 Å². The molecule has 0 fully saturated rings. The predicted molar refractivity (Wildman–Crippen MR) is 93.9 cm³/mol. The van der Waals surface area contributed by atoms with Crippen LogP contribution in [0.25, 0.3) is 0 Å². The van der Waals surface area contributed by atoms with Crippen molar-refractivity contribution < 1.29 is 0 Å². The fourth-order valence-corrected chi connectivity index (χ4v) is 2.59. The molecule has 23 heavy (non-hydrogen) atoms. The minimum absolute atomic E-state index is 0.585. The predicted octanol–water partition coefficient (Wildman–Crippen LogP) is 4.42. The van der Waals surface area contributed by atoms with Crippen molar-refractivity contribution in [2.24, 2.45) is 0 Å². The fraction of sp³-hybridized carbons (Fsp3) is 0. The van der Waals surface area contributed by atoms with Gasteiger partial charge in [-0.2, -0.15) is 16.6 Å². The summed E-state index contributed by atoms with van der Waals surface area (Å²) in [7, 11) is 0. The molecule has 3 rings (SSSR count). The summed E-state index contributed by atoms with van der Waals surface area (Å²) in [6.45, 7) is 0. The summed E-state index contributed by atoms with van der Waals surface area (Å²) in [5.41, 5.74) is 4.08. The van der Waals surface area contributed by atoms with E-state index in [1.165, 1.54) is 0 Å². The van der Waals surface area contributed by atoms with Crippen LogP contribution in [0.15, 0.2) is 65.4 Å². The second-order valence-electron chi connectivity index (χ2n) is 4.71. The minimum atomic E-state index is 0.585. The summed E-state index contributed by atoms with van der Waals surface area (Å²) in [5, 5.41) is 13.1. The molecule has 1 heterocycles. The second kappa shape index (κ2) is 7.15. The van der Waals surface area contributed by atoms with Gasteiger partial charge in [0.25, 0.3) is 0 Å². The van der Waals surface area contributed by atoms with Gasteiger partial charge in [-0.05, 0) is 35.7 Å². The van der Waals surface area contributed by atoms with Crippen LogP contribution in [0.3, 0.4) is 0 Å². The van der Waals surface area contributed by atoms with E-state index >= 15 is 0 Å². The average Bonchev–Trinajstić information content (AvgIpc) is 3.12. The number of benzene rings is 2. The third-order valence-corrected chi connectivity index (χ3v) is 3.85. The molecule has 0 atom stereocenters. The normalized spacial score (nSPS) is 9.00. The summed E-state index contributed by atoms with van der Waals surface area (Å²) in [4.78, 5) is 0. The Morgan fingerprint density at radius 3 is 1.70 bits per heavy atom. The molecule has 0 N–H and O–H groups in total. The average molecular weight is 309 g/mol. The molecule has 0 unspecified atom stereocenters. The lowest BCUT2D eigenvalue weighted by Gasteiger charge is -1.96. The molecule has 0 aliphatic carbocycles. The van der Waals surface area contributed by atoms with Gasteiger partial charge in [0, 0.05) is 27.6 Å². The Bertz CT molecular complexity index is 984. The molecular weight excluding hydrogens is 298 g/mol. The summed E-state index contributed by atoms with van der Waals surface area (Å²) >= 11 is 1.63. The molecule has 0 amide bonds. The zero-order valence-corrected chi connectivity index (χ0v) is 13.0. The van der Waals surface area contributed by atoms with Crippen LogP contribution in [0.2, 0.25) is 0 Å². The Kier molecular flexibility index (Phi) is 4.56. The van der Waals surface area contributed by atoms with E-state index in [2.05, 4.69) is 29.8 Å². The lowest BCUT2D eigenvalue weighted by Crippen LogP contribution is -1.85. The van der Waals surface area contributed by atoms with E-state index in [0.29, 0.717) is 5.56 Å². The molecule has 2 aromatic carbocycles. The second-order valence-corrected chi connectivity index (χ2v) is 5.50. The Hall–Kier alpha value is -3.25. The highest BCUT2D eigenvalue weighted by atomic mass is 32.1. The molecule has 0 bridgehead atoms. The summed E-state index contributed by atoms with van der Waals surface area (Å²) in [6.07, 6.45) is 0. The number of nitrogens with zero attached hydrogens (tertiary/aromatic N) is 1. The van der Waals surface area contributed by atoms with Gasteiger partial charge in [0.1, 0.15) is 6.07 Å². The lowest BCUT2D eigenvalue weighted by molar-refractivity contribution is 1.47. The van der Waals surface area contributed by atoms with Gasteiger partial charge in [0.05, 0.1) is 5.56 Å². The van der Waals surface area contributed by atoms with Gasteiger partial charge in [-0.15, -0.1) is 0 Å². The molecule has 2 heteroatoms. The van der Waals surface area contributed by atoms with Gasteiger partial charge >= 0.3 is 0 Å². The van der Waals surface area contributed by atoms with Gasteiger partial charge in [-0.25, -0.2) is 0 Å². The number of nitriles is 1. The molecule has 3 aromatic rings. The van der Waals surface area contributed by atoms with Crippen LogP contribution >= 0.6 is 11.3 Å². The maximum Gasteiger partial charge on any atom is 0.100 e. The number of hydrogen-bond acceptors (Lipinski definition) is 2. The topological polar surface area (TPSA) is 23.8 Å². The molecule has 0 radical (unpaired) electrons. The quantitative estimate of drug-likeness (QED) is 0.564. The molecule has 106 valence electrons. The SMILES string of the molecule is N#Cc1ccccc1C#Cc1ccccc1C#Cc1ccsc1. The summed E-state index contributed by atoms with van der Waals surface area (Å²) in [5.74, 6) is 12.5. The molecule has 1 nitrogen and oxygen atoms in total. The number of rotatable bonds is 0. The van der Waals surface area contributed by atoms with E-state index < -0.39 is 0 Å². The van der Waals surface area contributed by atoms with Crippen LogP contribution in [-0.2, 0) is 0 Å². The van der Waals surface area contributed by atoms with Crippen molar-refractivity contribution in [1.29, 1.82) is 5.26 Å². The van der Waals surface area contributed by atoms with E-state index in [4.69, 9.17) is 5.26 Å². The zero-order chi connectivity index (χ0) is 15.9. The van der Waals surface area contributed by atoms with Crippen molar-refractivity contribution in [3.05, 3.63) is 93.2 Å². The molecule has 0 saturated heterocycles. The van der Waals surface area contributed by atoms with Crippen LogP contribution in [0.1, 0.15) is 27.8 Å². The van der Waals surface area contributed by atoms with Crippen molar-refractivity contribution in [2.45, 2.75) is 0 Å². The van der Waals surface area contributed by atoms with Crippen molar-refractivity contribution in [2.75, 3.05) is 0 Å². The Labute approximate surface area is 139 Å². The van der Waals surface area contributed by atoms with Crippen LogP contribution in [0.5, 0.6) is 0 Å². The van der Waals surface area contributed by atoms with Crippen molar-refractivity contribution >= 4 is 11.3 Å². The minimum Gasteiger partial charge on any atom is -0.192 e. The van der Waals surface area contributed by atoms with E-state index in [0.717, 1.165) is 22.3 Å². The fourth-order valence-electron chi connectivity index (χ4n) is 2.00.